The summed E-state index contributed by atoms with van der Waals surface area (Å²) in [5.74, 6) is 0.900. The molecule has 10 heteroatoms. The van der Waals surface area contributed by atoms with Gasteiger partial charge in [-0.25, -0.2) is 8.42 Å². The monoisotopic (exact) mass is 484 g/mol. The number of carbonyl (C=O) groups is 1. The Kier molecular flexibility index (Phi) is 6.52. The van der Waals surface area contributed by atoms with Gasteiger partial charge >= 0.3 is 0 Å². The van der Waals surface area contributed by atoms with Crippen molar-refractivity contribution in [2.45, 2.75) is 38.3 Å². The van der Waals surface area contributed by atoms with Crippen LogP contribution in [0.1, 0.15) is 22.5 Å². The van der Waals surface area contributed by atoms with Crippen LogP contribution in [0, 0.1) is 13.8 Å². The summed E-state index contributed by atoms with van der Waals surface area (Å²) in [6.07, 6.45) is 0.667. The number of ether oxygens (including phenoxy) is 2. The number of nitrogens with one attached hydrogen (secondary N) is 1. The van der Waals surface area contributed by atoms with Crippen LogP contribution in [0.5, 0.6) is 11.5 Å². The highest BCUT2D eigenvalue weighted by atomic mass is 32.2. The molecule has 1 N–H and O–H groups in total. The molecule has 2 aromatic carbocycles. The van der Waals surface area contributed by atoms with Gasteiger partial charge in [0.2, 0.25) is 5.91 Å². The van der Waals surface area contributed by atoms with E-state index in [0.717, 1.165) is 11.1 Å². The van der Waals surface area contributed by atoms with Crippen LogP contribution in [0.4, 0.5) is 5.69 Å². The second-order valence-electron chi connectivity index (χ2n) is 8.08. The smallest absolute Gasteiger partial charge is 0.268 e. The predicted octanol–water partition coefficient (Wildman–Crippen LogP) is 2.58. The first-order chi connectivity index (χ1) is 16.3. The molecule has 34 heavy (non-hydrogen) atoms. The van der Waals surface area contributed by atoms with Crippen LogP contribution in [0.25, 0.3) is 0 Å². The Labute approximate surface area is 199 Å². The Morgan fingerprint density at radius 2 is 1.82 bits per heavy atom. The molecule has 0 atom stereocenters. The molecule has 0 fully saturated rings. The quantitative estimate of drug-likeness (QED) is 0.527. The lowest BCUT2D eigenvalue weighted by Gasteiger charge is -2.19. The zero-order valence-electron chi connectivity index (χ0n) is 19.7. The number of methoxy groups -OCH3 is 2. The number of benzene rings is 2. The first-order valence-corrected chi connectivity index (χ1v) is 12.3. The number of aromatic nitrogens is 2. The summed E-state index contributed by atoms with van der Waals surface area (Å²) in [5.41, 5.74) is 3.35. The van der Waals surface area contributed by atoms with E-state index in [4.69, 9.17) is 9.47 Å². The number of aryl methyl sites for hydroxylation is 1. The van der Waals surface area contributed by atoms with Crippen molar-refractivity contribution in [3.63, 3.8) is 0 Å². The van der Waals surface area contributed by atoms with E-state index in [0.29, 0.717) is 41.5 Å². The van der Waals surface area contributed by atoms with E-state index in [-0.39, 0.29) is 23.9 Å². The van der Waals surface area contributed by atoms with Gasteiger partial charge < -0.3 is 14.8 Å². The maximum absolute atomic E-state index is 13.5. The standard InChI is InChI=1S/C24H28N4O5S/c1-16-24(34(30,31)28-12-11-19-7-5-6-8-20(19)28)17(2)27(26-16)15-23(29)25-14-18-9-10-21(32-3)22(13-18)33-4/h5-10,13H,11-12,14-15H2,1-4H3,(H,25,29). The molecule has 4 rings (SSSR count). The highest BCUT2D eigenvalue weighted by Gasteiger charge is 2.35. The van der Waals surface area contributed by atoms with E-state index >= 15 is 0 Å². The van der Waals surface area contributed by atoms with Gasteiger partial charge in [-0.1, -0.05) is 24.3 Å². The zero-order chi connectivity index (χ0) is 24.5. The third kappa shape index (κ3) is 4.33. The normalized spacial score (nSPS) is 13.0. The molecular weight excluding hydrogens is 456 g/mol. The molecule has 0 spiro atoms. The van der Waals surface area contributed by atoms with E-state index in [9.17, 15) is 13.2 Å². The summed E-state index contributed by atoms with van der Waals surface area (Å²) >= 11 is 0. The first-order valence-electron chi connectivity index (χ1n) is 10.9. The molecule has 9 nitrogen and oxygen atoms in total. The summed E-state index contributed by atoms with van der Waals surface area (Å²) in [7, 11) is -0.694. The Balaban J connectivity index is 1.49. The van der Waals surface area contributed by atoms with Gasteiger partial charge in [-0.05, 0) is 49.6 Å². The number of anilines is 1. The first kappa shape index (κ1) is 23.6. The number of para-hydroxylation sites is 1. The molecule has 0 unspecified atom stereocenters. The predicted molar refractivity (Wildman–Crippen MR) is 128 cm³/mol. The van der Waals surface area contributed by atoms with Gasteiger partial charge in [-0.3, -0.25) is 13.8 Å². The van der Waals surface area contributed by atoms with Crippen LogP contribution in [0.2, 0.25) is 0 Å². The number of sulfonamides is 1. The fourth-order valence-electron chi connectivity index (χ4n) is 4.26. The average Bonchev–Trinajstić information content (AvgIpc) is 3.38. The molecule has 1 aliphatic heterocycles. The minimum Gasteiger partial charge on any atom is -0.493 e. The van der Waals surface area contributed by atoms with Gasteiger partial charge in [-0.15, -0.1) is 0 Å². The van der Waals surface area contributed by atoms with E-state index in [2.05, 4.69) is 10.4 Å². The van der Waals surface area contributed by atoms with Crippen molar-refractivity contribution in [3.05, 3.63) is 65.0 Å². The zero-order valence-corrected chi connectivity index (χ0v) is 20.5. The lowest BCUT2D eigenvalue weighted by atomic mass is 10.2. The lowest BCUT2D eigenvalue weighted by Crippen LogP contribution is -2.30. The number of amides is 1. The number of hydrogen-bond donors (Lipinski definition) is 1. The number of rotatable bonds is 8. The molecule has 1 aromatic heterocycles. The number of fused-ring (bicyclic) bond motifs is 1. The van der Waals surface area contributed by atoms with Crippen LogP contribution >= 0.6 is 0 Å². The number of hydrogen-bond acceptors (Lipinski definition) is 6. The Hall–Kier alpha value is -3.53. The van der Waals surface area contributed by atoms with Gasteiger partial charge in [0.25, 0.3) is 10.0 Å². The molecular formula is C24H28N4O5S. The highest BCUT2D eigenvalue weighted by Crippen LogP contribution is 2.34. The lowest BCUT2D eigenvalue weighted by molar-refractivity contribution is -0.122. The summed E-state index contributed by atoms with van der Waals surface area (Å²) in [6, 6.07) is 12.9. The molecule has 0 saturated carbocycles. The molecule has 0 bridgehead atoms. The van der Waals surface area contributed by atoms with Gasteiger partial charge in [0.1, 0.15) is 11.4 Å². The highest BCUT2D eigenvalue weighted by molar-refractivity contribution is 7.93. The summed E-state index contributed by atoms with van der Waals surface area (Å²) in [6.45, 7) is 3.91. The fraction of sp³-hybridized carbons (Fsp3) is 0.333. The second-order valence-corrected chi connectivity index (χ2v) is 9.88. The van der Waals surface area contributed by atoms with E-state index in [1.165, 1.54) is 8.99 Å². The molecule has 0 aliphatic carbocycles. The van der Waals surface area contributed by atoms with Gasteiger partial charge in [0, 0.05) is 13.1 Å². The maximum Gasteiger partial charge on any atom is 0.268 e. The minimum atomic E-state index is -3.81. The van der Waals surface area contributed by atoms with Crippen LogP contribution in [0.3, 0.4) is 0 Å². The SMILES string of the molecule is COc1ccc(CNC(=O)Cn2nc(C)c(S(=O)(=O)N3CCc4ccccc43)c2C)cc1OC. The maximum atomic E-state index is 13.5. The van der Waals surface area contributed by atoms with Crippen molar-refractivity contribution in [1.29, 1.82) is 0 Å². The largest absolute Gasteiger partial charge is 0.493 e. The number of carbonyl (C=O) groups excluding carboxylic acids is 1. The van der Waals surface area contributed by atoms with Crippen molar-refractivity contribution < 1.29 is 22.7 Å². The van der Waals surface area contributed by atoms with Gasteiger partial charge in [0.15, 0.2) is 11.5 Å². The molecule has 2 heterocycles. The molecule has 3 aromatic rings. The molecule has 0 radical (unpaired) electrons. The summed E-state index contributed by atoms with van der Waals surface area (Å²) < 4.78 is 40.4. The average molecular weight is 485 g/mol. The van der Waals surface area contributed by atoms with Crippen LogP contribution in [0.15, 0.2) is 47.4 Å². The van der Waals surface area contributed by atoms with E-state index in [1.54, 1.807) is 40.2 Å². The van der Waals surface area contributed by atoms with Crippen LogP contribution < -0.4 is 19.1 Å². The van der Waals surface area contributed by atoms with Crippen molar-refractivity contribution in [2.75, 3.05) is 25.1 Å². The Bertz CT molecular complexity index is 1330. The van der Waals surface area contributed by atoms with Crippen molar-refractivity contribution in [3.8, 4) is 11.5 Å². The van der Waals surface area contributed by atoms with E-state index in [1.807, 2.05) is 30.3 Å². The van der Waals surface area contributed by atoms with Crippen molar-refractivity contribution in [2.24, 2.45) is 0 Å². The minimum absolute atomic E-state index is 0.0912. The molecule has 0 saturated heterocycles. The van der Waals surface area contributed by atoms with Crippen molar-refractivity contribution in [1.82, 2.24) is 15.1 Å². The van der Waals surface area contributed by atoms with E-state index < -0.39 is 10.0 Å². The van der Waals surface area contributed by atoms with Gasteiger partial charge in [0.05, 0.1) is 31.3 Å². The van der Waals surface area contributed by atoms with Crippen LogP contribution in [-0.2, 0) is 34.3 Å². The Morgan fingerprint density at radius 3 is 2.56 bits per heavy atom. The van der Waals surface area contributed by atoms with Crippen LogP contribution in [-0.4, -0.2) is 44.9 Å². The number of nitrogens with zero attached hydrogens (tertiary/aromatic N) is 3. The fourth-order valence-corrected chi connectivity index (χ4v) is 6.14. The molecule has 1 aliphatic rings. The third-order valence-corrected chi connectivity index (χ3v) is 8.01. The van der Waals surface area contributed by atoms with Gasteiger partial charge in [-0.2, -0.15) is 5.10 Å². The summed E-state index contributed by atoms with van der Waals surface area (Å²) in [5, 5.41) is 7.21. The molecule has 1 amide bonds. The third-order valence-electron chi connectivity index (χ3n) is 5.94. The van der Waals surface area contributed by atoms with Crippen molar-refractivity contribution >= 4 is 21.6 Å². The second kappa shape index (κ2) is 9.38. The Morgan fingerprint density at radius 1 is 1.09 bits per heavy atom. The summed E-state index contributed by atoms with van der Waals surface area (Å²) in [4.78, 5) is 12.8. The molecule has 180 valence electrons. The topological polar surface area (TPSA) is 103 Å².